The van der Waals surface area contributed by atoms with E-state index in [0.29, 0.717) is 6.04 Å². The smallest absolute Gasteiger partial charge is 0.0667 e. The molecule has 1 heterocycles. The summed E-state index contributed by atoms with van der Waals surface area (Å²) >= 11 is 0. The van der Waals surface area contributed by atoms with Crippen LogP contribution in [0.3, 0.4) is 0 Å². The Morgan fingerprint density at radius 1 is 1.05 bits per heavy atom. The van der Waals surface area contributed by atoms with Crippen LogP contribution in [0.5, 0.6) is 0 Å². The van der Waals surface area contributed by atoms with Crippen molar-refractivity contribution in [1.29, 1.82) is 0 Å². The molecule has 0 aromatic heterocycles. The van der Waals surface area contributed by atoms with E-state index >= 15 is 0 Å². The summed E-state index contributed by atoms with van der Waals surface area (Å²) < 4.78 is 0. The minimum Gasteiger partial charge on any atom is -0.362 e. The Labute approximate surface area is 121 Å². The van der Waals surface area contributed by atoms with Crippen molar-refractivity contribution in [3.63, 3.8) is 0 Å². The van der Waals surface area contributed by atoms with Crippen LogP contribution in [0.4, 0.5) is 5.69 Å². The fourth-order valence-corrected chi connectivity index (χ4v) is 2.91. The summed E-state index contributed by atoms with van der Waals surface area (Å²) in [4.78, 5) is 2.51. The summed E-state index contributed by atoms with van der Waals surface area (Å²) in [5.41, 5.74) is 4.13. The van der Waals surface area contributed by atoms with Gasteiger partial charge in [-0.2, -0.15) is 0 Å². The highest BCUT2D eigenvalue weighted by molar-refractivity contribution is 5.49. The molecule has 20 heavy (non-hydrogen) atoms. The van der Waals surface area contributed by atoms with Crippen LogP contribution in [-0.2, 0) is 6.42 Å². The van der Waals surface area contributed by atoms with Crippen molar-refractivity contribution in [3.05, 3.63) is 65.7 Å². The largest absolute Gasteiger partial charge is 0.362 e. The number of benzene rings is 2. The van der Waals surface area contributed by atoms with Gasteiger partial charge < -0.3 is 10.2 Å². The SMILES string of the molecule is CCc1ccc(C2CNCCN2c2ccccc2)cc1. The average Bonchev–Trinajstić information content (AvgIpc) is 2.56. The van der Waals surface area contributed by atoms with E-state index in [9.17, 15) is 0 Å². The zero-order valence-electron chi connectivity index (χ0n) is 12.0. The number of hydrogen-bond acceptors (Lipinski definition) is 2. The lowest BCUT2D eigenvalue weighted by atomic mass is 10.0. The van der Waals surface area contributed by atoms with Crippen LogP contribution >= 0.6 is 0 Å². The van der Waals surface area contributed by atoms with Gasteiger partial charge in [0.2, 0.25) is 0 Å². The highest BCUT2D eigenvalue weighted by atomic mass is 15.2. The van der Waals surface area contributed by atoms with E-state index in [2.05, 4.69) is 71.7 Å². The molecule has 1 unspecified atom stereocenters. The molecule has 2 aromatic carbocycles. The Bertz CT molecular complexity index is 533. The second-order valence-corrected chi connectivity index (χ2v) is 5.34. The Morgan fingerprint density at radius 3 is 2.50 bits per heavy atom. The van der Waals surface area contributed by atoms with Crippen molar-refractivity contribution in [2.45, 2.75) is 19.4 Å². The molecule has 3 rings (SSSR count). The first-order valence-corrected chi connectivity index (χ1v) is 7.49. The van der Waals surface area contributed by atoms with E-state index < -0.39 is 0 Å². The van der Waals surface area contributed by atoms with E-state index in [4.69, 9.17) is 0 Å². The summed E-state index contributed by atoms with van der Waals surface area (Å²) in [7, 11) is 0. The van der Waals surface area contributed by atoms with Gasteiger partial charge in [0.05, 0.1) is 6.04 Å². The molecule has 0 spiro atoms. The van der Waals surface area contributed by atoms with Crippen molar-refractivity contribution in [3.8, 4) is 0 Å². The summed E-state index contributed by atoms with van der Waals surface area (Å²) in [6.07, 6.45) is 1.10. The first kappa shape index (κ1) is 13.2. The maximum Gasteiger partial charge on any atom is 0.0667 e. The summed E-state index contributed by atoms with van der Waals surface area (Å²) in [6, 6.07) is 20.2. The minimum absolute atomic E-state index is 0.428. The number of piperazine rings is 1. The van der Waals surface area contributed by atoms with Gasteiger partial charge >= 0.3 is 0 Å². The van der Waals surface area contributed by atoms with Crippen molar-refractivity contribution in [2.24, 2.45) is 0 Å². The van der Waals surface area contributed by atoms with E-state index in [1.54, 1.807) is 0 Å². The molecular weight excluding hydrogens is 244 g/mol. The number of hydrogen-bond donors (Lipinski definition) is 1. The Hall–Kier alpha value is -1.80. The van der Waals surface area contributed by atoms with Crippen molar-refractivity contribution < 1.29 is 0 Å². The molecule has 1 aliphatic rings. The molecule has 0 bridgehead atoms. The fourth-order valence-electron chi connectivity index (χ4n) is 2.91. The van der Waals surface area contributed by atoms with Crippen molar-refractivity contribution in [1.82, 2.24) is 5.32 Å². The molecule has 1 N–H and O–H groups in total. The third-order valence-corrected chi connectivity index (χ3v) is 4.10. The lowest BCUT2D eigenvalue weighted by Gasteiger charge is -2.38. The Morgan fingerprint density at radius 2 is 1.80 bits per heavy atom. The van der Waals surface area contributed by atoms with E-state index in [1.807, 2.05) is 0 Å². The number of rotatable bonds is 3. The van der Waals surface area contributed by atoms with E-state index in [1.165, 1.54) is 16.8 Å². The van der Waals surface area contributed by atoms with Gasteiger partial charge in [-0.3, -0.25) is 0 Å². The van der Waals surface area contributed by atoms with Gasteiger partial charge in [0, 0.05) is 25.3 Å². The molecule has 0 aliphatic carbocycles. The number of anilines is 1. The maximum atomic E-state index is 3.52. The number of nitrogens with one attached hydrogen (secondary N) is 1. The van der Waals surface area contributed by atoms with Gasteiger partial charge in [0.1, 0.15) is 0 Å². The van der Waals surface area contributed by atoms with E-state index in [0.717, 1.165) is 26.1 Å². The van der Waals surface area contributed by atoms with Crippen LogP contribution < -0.4 is 10.2 Å². The first-order valence-electron chi connectivity index (χ1n) is 7.49. The predicted octanol–water partition coefficient (Wildman–Crippen LogP) is 3.40. The first-order chi connectivity index (χ1) is 9.88. The van der Waals surface area contributed by atoms with Gasteiger partial charge in [0.25, 0.3) is 0 Å². The predicted molar refractivity (Wildman–Crippen MR) is 85.2 cm³/mol. The van der Waals surface area contributed by atoms with Gasteiger partial charge in [-0.1, -0.05) is 49.4 Å². The van der Waals surface area contributed by atoms with Crippen LogP contribution in [-0.4, -0.2) is 19.6 Å². The molecule has 1 saturated heterocycles. The van der Waals surface area contributed by atoms with Crippen LogP contribution in [0.15, 0.2) is 54.6 Å². The number of aryl methyl sites for hydroxylation is 1. The zero-order valence-corrected chi connectivity index (χ0v) is 12.0. The fraction of sp³-hybridized carbons (Fsp3) is 0.333. The molecule has 1 atom stereocenters. The second kappa shape index (κ2) is 6.10. The second-order valence-electron chi connectivity index (χ2n) is 5.34. The minimum atomic E-state index is 0.428. The lowest BCUT2D eigenvalue weighted by molar-refractivity contribution is 0.490. The molecule has 0 saturated carbocycles. The molecule has 1 fully saturated rings. The topological polar surface area (TPSA) is 15.3 Å². The molecule has 0 amide bonds. The molecule has 2 nitrogen and oxygen atoms in total. The standard InChI is InChI=1S/C18H22N2/c1-2-15-8-10-16(11-9-15)18-14-19-12-13-20(18)17-6-4-3-5-7-17/h3-11,18-19H,2,12-14H2,1H3. The summed E-state index contributed by atoms with van der Waals surface area (Å²) in [6.45, 7) is 5.33. The Balaban J connectivity index is 1.88. The monoisotopic (exact) mass is 266 g/mol. The summed E-state index contributed by atoms with van der Waals surface area (Å²) in [5, 5.41) is 3.52. The molecule has 2 heteroatoms. The zero-order chi connectivity index (χ0) is 13.8. The molecule has 1 aliphatic heterocycles. The van der Waals surface area contributed by atoms with E-state index in [-0.39, 0.29) is 0 Å². The number of nitrogens with zero attached hydrogens (tertiary/aromatic N) is 1. The molecule has 2 aromatic rings. The maximum absolute atomic E-state index is 3.52. The highest BCUT2D eigenvalue weighted by Crippen LogP contribution is 2.28. The molecular formula is C18H22N2. The highest BCUT2D eigenvalue weighted by Gasteiger charge is 2.23. The van der Waals surface area contributed by atoms with Gasteiger partial charge in [-0.15, -0.1) is 0 Å². The van der Waals surface area contributed by atoms with Gasteiger partial charge in [-0.25, -0.2) is 0 Å². The molecule has 104 valence electrons. The molecule has 0 radical (unpaired) electrons. The van der Waals surface area contributed by atoms with Crippen molar-refractivity contribution in [2.75, 3.05) is 24.5 Å². The third-order valence-electron chi connectivity index (χ3n) is 4.10. The quantitative estimate of drug-likeness (QED) is 0.916. The number of para-hydroxylation sites is 1. The van der Waals surface area contributed by atoms with Gasteiger partial charge in [0.15, 0.2) is 0 Å². The normalized spacial score (nSPS) is 19.1. The van der Waals surface area contributed by atoms with Gasteiger partial charge in [-0.05, 0) is 29.7 Å². The van der Waals surface area contributed by atoms with Crippen LogP contribution in [0.1, 0.15) is 24.1 Å². The average molecular weight is 266 g/mol. The van der Waals surface area contributed by atoms with Crippen LogP contribution in [0.2, 0.25) is 0 Å². The third kappa shape index (κ3) is 2.70. The van der Waals surface area contributed by atoms with Crippen LogP contribution in [0, 0.1) is 0 Å². The van der Waals surface area contributed by atoms with Crippen LogP contribution in [0.25, 0.3) is 0 Å². The van der Waals surface area contributed by atoms with Crippen molar-refractivity contribution >= 4 is 5.69 Å². The lowest BCUT2D eigenvalue weighted by Crippen LogP contribution is -2.46. The summed E-state index contributed by atoms with van der Waals surface area (Å²) in [5.74, 6) is 0. The Kier molecular flexibility index (Phi) is 4.03.